The van der Waals surface area contributed by atoms with E-state index < -0.39 is 0 Å². The lowest BCUT2D eigenvalue weighted by atomic mass is 10.0. The minimum Gasteiger partial charge on any atom is -0.496 e. The number of methoxy groups -OCH3 is 1. The number of thiazole rings is 1. The summed E-state index contributed by atoms with van der Waals surface area (Å²) in [4.78, 5) is 20.1. The molecule has 0 saturated heterocycles. The van der Waals surface area contributed by atoms with E-state index in [1.807, 2.05) is 54.6 Å². The second kappa shape index (κ2) is 8.06. The van der Waals surface area contributed by atoms with Gasteiger partial charge in [-0.1, -0.05) is 47.2 Å². The molecule has 3 aromatic carbocycles. The molecule has 2 heterocycles. The van der Waals surface area contributed by atoms with Crippen molar-refractivity contribution in [2.24, 2.45) is 0 Å². The van der Waals surface area contributed by atoms with Crippen molar-refractivity contribution in [1.29, 1.82) is 0 Å². The Bertz CT molecular complexity index is 1400. The Hall–Kier alpha value is -3.35. The number of halogens is 1. The molecule has 0 aliphatic rings. The van der Waals surface area contributed by atoms with Gasteiger partial charge in [0, 0.05) is 5.02 Å². The first-order valence-corrected chi connectivity index (χ1v) is 10.8. The fourth-order valence-electron chi connectivity index (χ4n) is 3.49. The molecule has 0 unspecified atom stereocenters. The maximum Gasteiger partial charge on any atom is 0.264 e. The molecule has 0 bridgehead atoms. The SMILES string of the molecule is COc1cc2ccccc2cc1C(=O)N(Cc1ccco1)c1nc2ccc(Cl)cc2s1. The maximum atomic E-state index is 13.8. The van der Waals surface area contributed by atoms with Crippen LogP contribution in [0, 0.1) is 0 Å². The summed E-state index contributed by atoms with van der Waals surface area (Å²) in [6, 6.07) is 20.7. The number of nitrogens with zero attached hydrogens (tertiary/aromatic N) is 2. The van der Waals surface area contributed by atoms with Crippen molar-refractivity contribution in [2.45, 2.75) is 6.54 Å². The van der Waals surface area contributed by atoms with Gasteiger partial charge in [0.15, 0.2) is 5.13 Å². The topological polar surface area (TPSA) is 55.6 Å². The number of fused-ring (bicyclic) bond motifs is 2. The van der Waals surface area contributed by atoms with Gasteiger partial charge >= 0.3 is 0 Å². The molecule has 0 aliphatic heterocycles. The number of hydrogen-bond donors (Lipinski definition) is 0. The average Bonchev–Trinajstić information content (AvgIpc) is 3.45. The zero-order valence-corrected chi connectivity index (χ0v) is 18.1. The molecule has 7 heteroatoms. The summed E-state index contributed by atoms with van der Waals surface area (Å²) in [6.45, 7) is 0.245. The zero-order valence-electron chi connectivity index (χ0n) is 16.5. The summed E-state index contributed by atoms with van der Waals surface area (Å²) in [6.07, 6.45) is 1.59. The molecule has 0 saturated carbocycles. The molecule has 31 heavy (non-hydrogen) atoms. The number of furan rings is 1. The molecule has 2 aromatic heterocycles. The van der Waals surface area contributed by atoms with Crippen LogP contribution in [0.4, 0.5) is 5.13 Å². The van der Waals surface area contributed by atoms with E-state index >= 15 is 0 Å². The minimum absolute atomic E-state index is 0.218. The molecular formula is C24H17ClN2O3S. The van der Waals surface area contributed by atoms with Crippen LogP contribution in [-0.4, -0.2) is 18.0 Å². The van der Waals surface area contributed by atoms with E-state index in [2.05, 4.69) is 4.98 Å². The van der Waals surface area contributed by atoms with Crippen LogP contribution >= 0.6 is 22.9 Å². The van der Waals surface area contributed by atoms with E-state index in [1.165, 1.54) is 11.3 Å². The third-order valence-corrected chi connectivity index (χ3v) is 6.28. The standard InChI is InChI=1S/C24H17ClN2O3S/c1-29-21-12-16-6-3-2-5-15(16)11-19(21)23(28)27(14-18-7-4-10-30-18)24-26-20-9-8-17(25)13-22(20)31-24/h2-13H,14H2,1H3. The molecule has 0 spiro atoms. The third-order valence-electron chi connectivity index (χ3n) is 5.01. The van der Waals surface area contributed by atoms with Crippen molar-refractivity contribution in [2.75, 3.05) is 12.0 Å². The predicted octanol–water partition coefficient (Wildman–Crippen LogP) is 6.55. The predicted molar refractivity (Wildman–Crippen MR) is 124 cm³/mol. The van der Waals surface area contributed by atoms with E-state index in [-0.39, 0.29) is 12.5 Å². The molecule has 5 aromatic rings. The molecule has 0 aliphatic carbocycles. The second-order valence-corrected chi connectivity index (χ2v) is 8.42. The fraction of sp³-hybridized carbons (Fsp3) is 0.0833. The van der Waals surface area contributed by atoms with Gasteiger partial charge in [0.1, 0.15) is 11.5 Å². The van der Waals surface area contributed by atoms with Crippen LogP contribution in [0.1, 0.15) is 16.1 Å². The van der Waals surface area contributed by atoms with Crippen molar-refractivity contribution >= 4 is 55.0 Å². The van der Waals surface area contributed by atoms with Gasteiger partial charge in [0.05, 0.1) is 35.7 Å². The summed E-state index contributed by atoms with van der Waals surface area (Å²) in [7, 11) is 1.57. The van der Waals surface area contributed by atoms with Crippen molar-refractivity contribution < 1.29 is 13.9 Å². The van der Waals surface area contributed by atoms with Crippen LogP contribution in [0.3, 0.4) is 0 Å². The Morgan fingerprint density at radius 1 is 1.10 bits per heavy atom. The van der Waals surface area contributed by atoms with Gasteiger partial charge in [-0.05, 0) is 53.2 Å². The van der Waals surface area contributed by atoms with E-state index in [0.717, 1.165) is 21.0 Å². The quantitative estimate of drug-likeness (QED) is 0.306. The van der Waals surface area contributed by atoms with Gasteiger partial charge in [-0.25, -0.2) is 4.98 Å². The van der Waals surface area contributed by atoms with E-state index in [9.17, 15) is 4.79 Å². The van der Waals surface area contributed by atoms with Crippen molar-refractivity contribution in [1.82, 2.24) is 4.98 Å². The number of benzene rings is 3. The fourth-order valence-corrected chi connectivity index (χ4v) is 4.73. The molecule has 5 nitrogen and oxygen atoms in total. The van der Waals surface area contributed by atoms with Gasteiger partial charge in [-0.15, -0.1) is 0 Å². The Kier molecular flexibility index (Phi) is 5.10. The number of aromatic nitrogens is 1. The molecule has 0 atom stereocenters. The van der Waals surface area contributed by atoms with Crippen LogP contribution < -0.4 is 9.64 Å². The second-order valence-electron chi connectivity index (χ2n) is 6.98. The van der Waals surface area contributed by atoms with Crippen LogP contribution in [-0.2, 0) is 6.54 Å². The number of hydrogen-bond acceptors (Lipinski definition) is 5. The van der Waals surface area contributed by atoms with Crippen molar-refractivity contribution in [3.05, 3.63) is 89.3 Å². The first-order chi connectivity index (χ1) is 15.1. The molecule has 1 amide bonds. The van der Waals surface area contributed by atoms with Crippen LogP contribution in [0.25, 0.3) is 21.0 Å². The van der Waals surface area contributed by atoms with E-state index in [4.69, 9.17) is 20.8 Å². The van der Waals surface area contributed by atoms with E-state index in [0.29, 0.717) is 27.2 Å². The highest BCUT2D eigenvalue weighted by molar-refractivity contribution is 7.22. The summed E-state index contributed by atoms with van der Waals surface area (Å²) >= 11 is 7.55. The lowest BCUT2D eigenvalue weighted by molar-refractivity contribution is 0.0980. The Balaban J connectivity index is 1.63. The van der Waals surface area contributed by atoms with Crippen LogP contribution in [0.2, 0.25) is 5.02 Å². The lowest BCUT2D eigenvalue weighted by Crippen LogP contribution is -2.30. The monoisotopic (exact) mass is 448 g/mol. The average molecular weight is 449 g/mol. The maximum absolute atomic E-state index is 13.8. The number of carbonyl (C=O) groups excluding carboxylic acids is 1. The third kappa shape index (κ3) is 3.76. The largest absolute Gasteiger partial charge is 0.496 e. The summed E-state index contributed by atoms with van der Waals surface area (Å²) in [5.41, 5.74) is 1.25. The minimum atomic E-state index is -0.218. The molecule has 154 valence electrons. The zero-order chi connectivity index (χ0) is 21.4. The first kappa shape index (κ1) is 19.6. The van der Waals surface area contributed by atoms with Gasteiger partial charge < -0.3 is 9.15 Å². The number of rotatable bonds is 5. The highest BCUT2D eigenvalue weighted by atomic mass is 35.5. The highest BCUT2D eigenvalue weighted by Gasteiger charge is 2.25. The van der Waals surface area contributed by atoms with Crippen LogP contribution in [0.15, 0.2) is 77.4 Å². The molecule has 0 radical (unpaired) electrons. The molecule has 5 rings (SSSR count). The molecule has 0 N–H and O–H groups in total. The normalized spacial score (nSPS) is 11.2. The summed E-state index contributed by atoms with van der Waals surface area (Å²) in [5, 5.41) is 3.15. The Morgan fingerprint density at radius 3 is 2.65 bits per heavy atom. The Labute approximate surface area is 187 Å². The van der Waals surface area contributed by atoms with Gasteiger partial charge in [-0.3, -0.25) is 9.69 Å². The Morgan fingerprint density at radius 2 is 1.90 bits per heavy atom. The summed E-state index contributed by atoms with van der Waals surface area (Å²) in [5.74, 6) is 0.951. The highest BCUT2D eigenvalue weighted by Crippen LogP contribution is 2.34. The van der Waals surface area contributed by atoms with Crippen molar-refractivity contribution in [3.63, 3.8) is 0 Å². The summed E-state index contributed by atoms with van der Waals surface area (Å²) < 4.78 is 12.0. The van der Waals surface area contributed by atoms with Crippen LogP contribution in [0.5, 0.6) is 5.75 Å². The first-order valence-electron chi connectivity index (χ1n) is 9.59. The number of carbonyl (C=O) groups is 1. The lowest BCUT2D eigenvalue weighted by Gasteiger charge is -2.20. The smallest absolute Gasteiger partial charge is 0.264 e. The number of ether oxygens (including phenoxy) is 1. The van der Waals surface area contributed by atoms with Crippen molar-refractivity contribution in [3.8, 4) is 5.75 Å². The van der Waals surface area contributed by atoms with Gasteiger partial charge in [0.2, 0.25) is 0 Å². The van der Waals surface area contributed by atoms with E-state index in [1.54, 1.807) is 30.4 Å². The molecular weight excluding hydrogens is 432 g/mol. The number of amides is 1. The number of anilines is 1. The molecule has 0 fully saturated rings. The van der Waals surface area contributed by atoms with Gasteiger partial charge in [0.25, 0.3) is 5.91 Å². The van der Waals surface area contributed by atoms with Gasteiger partial charge in [-0.2, -0.15) is 0 Å².